The van der Waals surface area contributed by atoms with Crippen molar-refractivity contribution in [2.45, 2.75) is 6.10 Å². The highest BCUT2D eigenvalue weighted by molar-refractivity contribution is 5.95. The van der Waals surface area contributed by atoms with E-state index in [-0.39, 0.29) is 12.5 Å². The molecule has 3 heterocycles. The number of nitrogens with zero attached hydrogens (tertiary/aromatic N) is 3. The van der Waals surface area contributed by atoms with E-state index in [1.807, 2.05) is 54.7 Å². The van der Waals surface area contributed by atoms with E-state index in [0.717, 1.165) is 48.8 Å². The Morgan fingerprint density at radius 2 is 1.72 bits per heavy atom. The summed E-state index contributed by atoms with van der Waals surface area (Å²) in [6.45, 7) is 4.24. The second-order valence-electron chi connectivity index (χ2n) is 8.12. The van der Waals surface area contributed by atoms with Crippen LogP contribution in [0.2, 0.25) is 0 Å². The van der Waals surface area contributed by atoms with Crippen molar-refractivity contribution >= 4 is 17.4 Å². The summed E-state index contributed by atoms with van der Waals surface area (Å²) < 4.78 is 11.4. The minimum Gasteiger partial charge on any atom is -0.485 e. The summed E-state index contributed by atoms with van der Waals surface area (Å²) in [5, 5.41) is 2.92. The molecule has 0 saturated carbocycles. The van der Waals surface area contributed by atoms with Gasteiger partial charge >= 0.3 is 0 Å². The fourth-order valence-electron chi connectivity index (χ4n) is 3.92. The molecule has 2 aliphatic heterocycles. The highest BCUT2D eigenvalue weighted by Gasteiger charge is 2.27. The maximum Gasteiger partial charge on any atom is 0.269 e. The molecule has 1 unspecified atom stereocenters. The van der Waals surface area contributed by atoms with Crippen LogP contribution < -0.4 is 19.7 Å². The fourth-order valence-corrected chi connectivity index (χ4v) is 3.92. The lowest BCUT2D eigenvalue weighted by Gasteiger charge is -2.33. The van der Waals surface area contributed by atoms with Gasteiger partial charge in [0, 0.05) is 38.1 Å². The van der Waals surface area contributed by atoms with Crippen molar-refractivity contribution in [3.63, 3.8) is 0 Å². The Morgan fingerprint density at radius 1 is 0.969 bits per heavy atom. The van der Waals surface area contributed by atoms with Crippen molar-refractivity contribution in [1.82, 2.24) is 9.88 Å². The van der Waals surface area contributed by atoms with Crippen LogP contribution in [-0.4, -0.2) is 61.7 Å². The SMILES string of the molecule is CN1CCN(c2cc(-c3ccc(NC(=O)C4COc5ccccc5O4)cc3)ccn2)CC1. The minimum absolute atomic E-state index is 0.188. The van der Waals surface area contributed by atoms with E-state index < -0.39 is 6.10 Å². The summed E-state index contributed by atoms with van der Waals surface area (Å²) in [6.07, 6.45) is 1.17. The zero-order valence-electron chi connectivity index (χ0n) is 18.0. The molecule has 1 N–H and O–H groups in total. The molecule has 2 aliphatic rings. The molecule has 7 nitrogen and oxygen atoms in total. The molecule has 32 heavy (non-hydrogen) atoms. The lowest BCUT2D eigenvalue weighted by Crippen LogP contribution is -2.44. The van der Waals surface area contributed by atoms with Gasteiger partial charge in [-0.3, -0.25) is 4.79 Å². The third kappa shape index (κ3) is 4.38. The molecule has 1 aromatic heterocycles. The van der Waals surface area contributed by atoms with E-state index in [0.29, 0.717) is 11.5 Å². The molecular formula is C25H26N4O3. The number of aromatic nitrogens is 1. The zero-order chi connectivity index (χ0) is 21.9. The number of amides is 1. The van der Waals surface area contributed by atoms with Gasteiger partial charge in [0.2, 0.25) is 6.10 Å². The molecule has 2 aromatic carbocycles. The molecular weight excluding hydrogens is 404 g/mol. The van der Waals surface area contributed by atoms with E-state index in [2.05, 4.69) is 33.2 Å². The van der Waals surface area contributed by atoms with Crippen molar-refractivity contribution in [3.05, 3.63) is 66.9 Å². The highest BCUT2D eigenvalue weighted by atomic mass is 16.6. The summed E-state index contributed by atoms with van der Waals surface area (Å²) in [4.78, 5) is 21.9. The number of benzene rings is 2. The zero-order valence-corrected chi connectivity index (χ0v) is 18.0. The van der Waals surface area contributed by atoms with Gasteiger partial charge in [0.05, 0.1) is 0 Å². The van der Waals surface area contributed by atoms with Gasteiger partial charge in [0.1, 0.15) is 12.4 Å². The molecule has 3 aromatic rings. The molecule has 0 bridgehead atoms. The van der Waals surface area contributed by atoms with E-state index in [9.17, 15) is 4.79 Å². The summed E-state index contributed by atoms with van der Waals surface area (Å²) in [6, 6.07) is 19.3. The van der Waals surface area contributed by atoms with E-state index in [1.165, 1.54) is 0 Å². The lowest BCUT2D eigenvalue weighted by atomic mass is 10.1. The predicted molar refractivity (Wildman–Crippen MR) is 124 cm³/mol. The van der Waals surface area contributed by atoms with Crippen molar-refractivity contribution in [1.29, 1.82) is 0 Å². The quantitative estimate of drug-likeness (QED) is 0.685. The number of nitrogens with one attached hydrogen (secondary N) is 1. The summed E-state index contributed by atoms with van der Waals surface area (Å²) in [7, 11) is 2.15. The number of carbonyl (C=O) groups is 1. The van der Waals surface area contributed by atoms with Gasteiger partial charge in [-0.25, -0.2) is 4.98 Å². The number of likely N-dealkylation sites (N-methyl/N-ethyl adjacent to an activating group) is 1. The minimum atomic E-state index is -0.684. The summed E-state index contributed by atoms with van der Waals surface area (Å²) >= 11 is 0. The number of piperazine rings is 1. The Bertz CT molecular complexity index is 1090. The average molecular weight is 431 g/mol. The van der Waals surface area contributed by atoms with Crippen LogP contribution in [0, 0.1) is 0 Å². The van der Waals surface area contributed by atoms with E-state index in [4.69, 9.17) is 9.47 Å². The first-order valence-electron chi connectivity index (χ1n) is 10.8. The molecule has 1 atom stereocenters. The molecule has 1 amide bonds. The van der Waals surface area contributed by atoms with Gasteiger partial charge in [0.15, 0.2) is 11.5 Å². The normalized spacial score (nSPS) is 18.3. The Hall–Kier alpha value is -3.58. The van der Waals surface area contributed by atoms with Gasteiger partial charge in [-0.05, 0) is 54.6 Å². The molecule has 1 fully saturated rings. The number of rotatable bonds is 4. The Balaban J connectivity index is 1.24. The number of anilines is 2. The number of fused-ring (bicyclic) bond motifs is 1. The van der Waals surface area contributed by atoms with Crippen LogP contribution in [0.3, 0.4) is 0 Å². The number of carbonyl (C=O) groups excluding carboxylic acids is 1. The van der Waals surface area contributed by atoms with Crippen molar-refractivity contribution in [3.8, 4) is 22.6 Å². The van der Waals surface area contributed by atoms with Gasteiger partial charge in [-0.1, -0.05) is 24.3 Å². The molecule has 164 valence electrons. The van der Waals surface area contributed by atoms with Crippen LogP contribution >= 0.6 is 0 Å². The third-order valence-corrected chi connectivity index (χ3v) is 5.86. The number of para-hydroxylation sites is 2. The van der Waals surface area contributed by atoms with Gasteiger partial charge in [-0.15, -0.1) is 0 Å². The Morgan fingerprint density at radius 3 is 2.50 bits per heavy atom. The van der Waals surface area contributed by atoms with Gasteiger partial charge in [0.25, 0.3) is 5.91 Å². The van der Waals surface area contributed by atoms with Crippen LogP contribution in [0.25, 0.3) is 11.1 Å². The second-order valence-corrected chi connectivity index (χ2v) is 8.12. The standard InChI is InChI=1S/C25H26N4O3/c1-28-12-14-29(15-13-28)24-16-19(10-11-26-24)18-6-8-20(9-7-18)27-25(30)23-17-31-21-4-2-3-5-22(21)32-23/h2-11,16,23H,12-15,17H2,1H3,(H,27,30). The van der Waals surface area contributed by atoms with E-state index in [1.54, 1.807) is 6.07 Å². The topological polar surface area (TPSA) is 66.9 Å². The summed E-state index contributed by atoms with van der Waals surface area (Å²) in [5.41, 5.74) is 2.90. The van der Waals surface area contributed by atoms with Crippen molar-refractivity contribution in [2.75, 3.05) is 50.1 Å². The van der Waals surface area contributed by atoms with E-state index >= 15 is 0 Å². The maximum atomic E-state index is 12.6. The second kappa shape index (κ2) is 8.88. The Kier molecular flexibility index (Phi) is 5.64. The van der Waals surface area contributed by atoms with Crippen LogP contribution in [0.5, 0.6) is 11.5 Å². The molecule has 5 rings (SSSR count). The molecule has 1 saturated heterocycles. The van der Waals surface area contributed by atoms with Crippen molar-refractivity contribution in [2.24, 2.45) is 0 Å². The average Bonchev–Trinajstić information content (AvgIpc) is 2.85. The molecule has 0 radical (unpaired) electrons. The number of hydrogen-bond donors (Lipinski definition) is 1. The lowest BCUT2D eigenvalue weighted by molar-refractivity contribution is -0.125. The summed E-state index contributed by atoms with van der Waals surface area (Å²) in [5.74, 6) is 2.02. The van der Waals surface area contributed by atoms with Gasteiger partial charge < -0.3 is 24.6 Å². The molecule has 0 aliphatic carbocycles. The number of pyridine rings is 1. The monoisotopic (exact) mass is 430 g/mol. The molecule has 0 spiro atoms. The van der Waals surface area contributed by atoms with Crippen LogP contribution in [0.1, 0.15) is 0 Å². The van der Waals surface area contributed by atoms with Crippen LogP contribution in [0.4, 0.5) is 11.5 Å². The van der Waals surface area contributed by atoms with Crippen molar-refractivity contribution < 1.29 is 14.3 Å². The number of hydrogen-bond acceptors (Lipinski definition) is 6. The predicted octanol–water partition coefficient (Wildman–Crippen LogP) is 3.28. The first-order chi connectivity index (χ1) is 15.7. The molecule has 7 heteroatoms. The number of ether oxygens (including phenoxy) is 2. The fraction of sp³-hybridized carbons (Fsp3) is 0.280. The first-order valence-corrected chi connectivity index (χ1v) is 10.8. The first kappa shape index (κ1) is 20.3. The smallest absolute Gasteiger partial charge is 0.269 e. The maximum absolute atomic E-state index is 12.6. The Labute approximate surface area is 187 Å². The third-order valence-electron chi connectivity index (χ3n) is 5.86. The van der Waals surface area contributed by atoms with Crippen LogP contribution in [-0.2, 0) is 4.79 Å². The van der Waals surface area contributed by atoms with Crippen LogP contribution in [0.15, 0.2) is 66.9 Å². The van der Waals surface area contributed by atoms with Gasteiger partial charge in [-0.2, -0.15) is 0 Å². The largest absolute Gasteiger partial charge is 0.485 e. The highest BCUT2D eigenvalue weighted by Crippen LogP contribution is 2.31.